The van der Waals surface area contributed by atoms with Gasteiger partial charge < -0.3 is 10.2 Å². The Morgan fingerprint density at radius 2 is 1.78 bits per heavy atom. The first-order chi connectivity index (χ1) is 13.1. The van der Waals surface area contributed by atoms with Crippen LogP contribution in [0.4, 0.5) is 11.4 Å². The van der Waals surface area contributed by atoms with Gasteiger partial charge in [-0.1, -0.05) is 35.3 Å². The normalized spacial score (nSPS) is 14.6. The third kappa shape index (κ3) is 5.03. The summed E-state index contributed by atoms with van der Waals surface area (Å²) in [6.45, 7) is 2.14. The van der Waals surface area contributed by atoms with E-state index in [1.807, 2.05) is 30.3 Å². The van der Waals surface area contributed by atoms with Gasteiger partial charge in [0.1, 0.15) is 11.6 Å². The van der Waals surface area contributed by atoms with Gasteiger partial charge in [-0.15, -0.1) is 0 Å². The summed E-state index contributed by atoms with van der Waals surface area (Å²) in [5.74, 6) is -0.512. The van der Waals surface area contributed by atoms with Gasteiger partial charge in [-0.3, -0.25) is 4.79 Å². The highest BCUT2D eigenvalue weighted by atomic mass is 35.5. The molecule has 6 heteroatoms. The molecule has 0 bridgehead atoms. The molecule has 27 heavy (non-hydrogen) atoms. The van der Waals surface area contributed by atoms with Gasteiger partial charge in [0, 0.05) is 23.8 Å². The van der Waals surface area contributed by atoms with E-state index in [4.69, 9.17) is 23.2 Å². The maximum Gasteiger partial charge on any atom is 0.266 e. The molecule has 0 saturated carbocycles. The predicted octanol–water partition coefficient (Wildman–Crippen LogP) is 5.53. The molecule has 0 atom stereocenters. The minimum atomic E-state index is -0.512. The molecular formula is C21H19Cl2N3O. The van der Waals surface area contributed by atoms with Gasteiger partial charge in [-0.25, -0.2) is 0 Å². The number of piperidine rings is 1. The second kappa shape index (κ2) is 8.94. The van der Waals surface area contributed by atoms with Gasteiger partial charge in [-0.05, 0) is 61.2 Å². The minimum absolute atomic E-state index is 0.00624. The van der Waals surface area contributed by atoms with E-state index in [0.717, 1.165) is 18.7 Å². The molecule has 1 aliphatic heterocycles. The van der Waals surface area contributed by atoms with Crippen molar-refractivity contribution >= 4 is 46.6 Å². The van der Waals surface area contributed by atoms with E-state index in [-0.39, 0.29) is 5.57 Å². The Bertz CT molecular complexity index is 895. The fraction of sp³-hybridized carbons (Fsp3) is 0.238. The van der Waals surface area contributed by atoms with E-state index in [2.05, 4.69) is 10.2 Å². The summed E-state index contributed by atoms with van der Waals surface area (Å²) >= 11 is 11.9. The number of hydrogen-bond donors (Lipinski definition) is 1. The Morgan fingerprint density at radius 3 is 2.41 bits per heavy atom. The van der Waals surface area contributed by atoms with E-state index in [9.17, 15) is 10.1 Å². The van der Waals surface area contributed by atoms with Gasteiger partial charge in [0.15, 0.2) is 0 Å². The lowest BCUT2D eigenvalue weighted by Gasteiger charge is -2.28. The largest absolute Gasteiger partial charge is 0.372 e. The van der Waals surface area contributed by atoms with Crippen LogP contribution in [0, 0.1) is 11.3 Å². The van der Waals surface area contributed by atoms with Crippen LogP contribution in [0.5, 0.6) is 0 Å². The summed E-state index contributed by atoms with van der Waals surface area (Å²) in [6, 6.07) is 14.6. The third-order valence-corrected chi connectivity index (χ3v) is 5.02. The van der Waals surface area contributed by atoms with Crippen molar-refractivity contribution in [1.82, 2.24) is 0 Å². The second-order valence-electron chi connectivity index (χ2n) is 6.39. The van der Waals surface area contributed by atoms with E-state index in [1.165, 1.54) is 31.0 Å². The van der Waals surface area contributed by atoms with E-state index >= 15 is 0 Å². The van der Waals surface area contributed by atoms with Crippen LogP contribution in [0.15, 0.2) is 48.0 Å². The first-order valence-corrected chi connectivity index (χ1v) is 9.55. The van der Waals surface area contributed by atoms with Crippen LogP contribution < -0.4 is 10.2 Å². The average Bonchev–Trinajstić information content (AvgIpc) is 2.69. The van der Waals surface area contributed by atoms with Crippen LogP contribution >= 0.6 is 23.2 Å². The third-order valence-electron chi connectivity index (χ3n) is 4.47. The highest BCUT2D eigenvalue weighted by Crippen LogP contribution is 2.26. The molecule has 2 aromatic carbocycles. The number of carbonyl (C=O) groups is 1. The topological polar surface area (TPSA) is 56.1 Å². The smallest absolute Gasteiger partial charge is 0.266 e. The maximum absolute atomic E-state index is 12.4. The van der Waals surface area contributed by atoms with Crippen molar-refractivity contribution in [3.63, 3.8) is 0 Å². The standard InChI is InChI=1S/C21H19Cl2N3O/c22-17-6-9-20(19(23)13-17)25-21(27)16(14-24)12-15-4-7-18(8-5-15)26-10-2-1-3-11-26/h4-9,12-13H,1-3,10-11H2,(H,25,27)/b16-12+. The summed E-state index contributed by atoms with van der Waals surface area (Å²) in [4.78, 5) is 14.8. The van der Waals surface area contributed by atoms with Gasteiger partial charge >= 0.3 is 0 Å². The summed E-state index contributed by atoms with van der Waals surface area (Å²) in [7, 11) is 0. The van der Waals surface area contributed by atoms with Crippen molar-refractivity contribution in [2.24, 2.45) is 0 Å². The summed E-state index contributed by atoms with van der Waals surface area (Å²) < 4.78 is 0. The lowest BCUT2D eigenvalue weighted by atomic mass is 10.1. The Kier molecular flexibility index (Phi) is 6.39. The fourth-order valence-electron chi connectivity index (χ4n) is 3.03. The molecule has 0 aromatic heterocycles. The monoisotopic (exact) mass is 399 g/mol. The SMILES string of the molecule is N#C/C(=C\c1ccc(N2CCCCC2)cc1)C(=O)Nc1ccc(Cl)cc1Cl. The highest BCUT2D eigenvalue weighted by molar-refractivity contribution is 6.36. The Morgan fingerprint density at radius 1 is 1.07 bits per heavy atom. The van der Waals surface area contributed by atoms with E-state index in [0.29, 0.717) is 15.7 Å². The molecule has 3 rings (SSSR count). The number of nitriles is 1. The Hall–Kier alpha value is -2.48. The average molecular weight is 400 g/mol. The van der Waals surface area contributed by atoms with Crippen LogP contribution in [-0.2, 0) is 4.79 Å². The molecule has 2 aromatic rings. The number of rotatable bonds is 4. The molecule has 1 heterocycles. The van der Waals surface area contributed by atoms with Crippen molar-refractivity contribution in [3.8, 4) is 6.07 Å². The van der Waals surface area contributed by atoms with Crippen molar-refractivity contribution < 1.29 is 4.79 Å². The molecule has 4 nitrogen and oxygen atoms in total. The summed E-state index contributed by atoms with van der Waals surface area (Å²) in [5, 5.41) is 12.8. The quantitative estimate of drug-likeness (QED) is 0.542. The lowest BCUT2D eigenvalue weighted by molar-refractivity contribution is -0.112. The Labute approximate surface area is 169 Å². The number of nitrogens with zero attached hydrogens (tertiary/aromatic N) is 2. The predicted molar refractivity (Wildman–Crippen MR) is 111 cm³/mol. The first kappa shape index (κ1) is 19.3. The van der Waals surface area contributed by atoms with Crippen molar-refractivity contribution in [2.75, 3.05) is 23.3 Å². The number of carbonyl (C=O) groups excluding carboxylic acids is 1. The molecule has 138 valence electrons. The number of anilines is 2. The number of amides is 1. The zero-order valence-electron chi connectivity index (χ0n) is 14.7. The minimum Gasteiger partial charge on any atom is -0.372 e. The number of halogens is 2. The summed E-state index contributed by atoms with van der Waals surface area (Å²) in [6.07, 6.45) is 5.29. The lowest BCUT2D eigenvalue weighted by Crippen LogP contribution is -2.29. The molecule has 1 fully saturated rings. The molecular weight excluding hydrogens is 381 g/mol. The van der Waals surface area contributed by atoms with Crippen LogP contribution in [0.25, 0.3) is 6.08 Å². The molecule has 1 N–H and O–H groups in total. The van der Waals surface area contributed by atoms with Crippen molar-refractivity contribution in [3.05, 3.63) is 63.6 Å². The number of nitrogens with one attached hydrogen (secondary N) is 1. The van der Waals surface area contributed by atoms with Crippen molar-refractivity contribution in [2.45, 2.75) is 19.3 Å². The van der Waals surface area contributed by atoms with Gasteiger partial charge in [-0.2, -0.15) is 5.26 Å². The zero-order chi connectivity index (χ0) is 19.2. The maximum atomic E-state index is 12.4. The molecule has 0 spiro atoms. The van der Waals surface area contributed by atoms with Crippen LogP contribution in [-0.4, -0.2) is 19.0 Å². The van der Waals surface area contributed by atoms with Crippen LogP contribution in [0.2, 0.25) is 10.0 Å². The van der Waals surface area contributed by atoms with Crippen LogP contribution in [0.3, 0.4) is 0 Å². The molecule has 1 amide bonds. The van der Waals surface area contributed by atoms with Crippen molar-refractivity contribution in [1.29, 1.82) is 5.26 Å². The number of hydrogen-bond acceptors (Lipinski definition) is 3. The molecule has 1 aliphatic rings. The van der Waals surface area contributed by atoms with Gasteiger partial charge in [0.05, 0.1) is 10.7 Å². The molecule has 0 aliphatic carbocycles. The second-order valence-corrected chi connectivity index (χ2v) is 7.23. The van der Waals surface area contributed by atoms with Gasteiger partial charge in [0.25, 0.3) is 5.91 Å². The fourth-order valence-corrected chi connectivity index (χ4v) is 3.48. The molecule has 0 radical (unpaired) electrons. The molecule has 1 saturated heterocycles. The van der Waals surface area contributed by atoms with E-state index in [1.54, 1.807) is 18.2 Å². The van der Waals surface area contributed by atoms with Gasteiger partial charge in [0.2, 0.25) is 0 Å². The van der Waals surface area contributed by atoms with E-state index < -0.39 is 5.91 Å². The number of benzene rings is 2. The highest BCUT2D eigenvalue weighted by Gasteiger charge is 2.13. The Balaban J connectivity index is 1.73. The van der Waals surface area contributed by atoms with Crippen LogP contribution in [0.1, 0.15) is 24.8 Å². The zero-order valence-corrected chi connectivity index (χ0v) is 16.2. The summed E-state index contributed by atoms with van der Waals surface area (Å²) in [5.41, 5.74) is 2.38. The molecule has 0 unspecified atom stereocenters. The first-order valence-electron chi connectivity index (χ1n) is 8.80.